The molecule has 0 aliphatic heterocycles. The van der Waals surface area contributed by atoms with Gasteiger partial charge in [0.1, 0.15) is 0 Å². The molecule has 5 aromatic rings. The van der Waals surface area contributed by atoms with Crippen molar-refractivity contribution in [1.29, 1.82) is 0 Å². The molecule has 9 heteroatoms. The van der Waals surface area contributed by atoms with Crippen LogP contribution >= 0.6 is 34.0 Å². The minimum absolute atomic E-state index is 0.282. The van der Waals surface area contributed by atoms with Gasteiger partial charge in [0.25, 0.3) is 11.8 Å². The van der Waals surface area contributed by atoms with Crippen molar-refractivity contribution in [2.45, 2.75) is 26.7 Å². The highest BCUT2D eigenvalue weighted by Gasteiger charge is 2.17. The Morgan fingerprint density at radius 2 is 1.03 bits per heavy atom. The van der Waals surface area contributed by atoms with Gasteiger partial charge in [-0.1, -0.05) is 59.7 Å². The maximum atomic E-state index is 12.7. The highest BCUT2D eigenvalue weighted by Crippen LogP contribution is 2.26. The molecule has 0 saturated heterocycles. The zero-order valence-corrected chi connectivity index (χ0v) is 22.7. The van der Waals surface area contributed by atoms with Gasteiger partial charge in [0, 0.05) is 35.0 Å². The number of hydrogen-bond acceptors (Lipinski definition) is 7. The molecule has 186 valence electrons. The van der Waals surface area contributed by atoms with Crippen molar-refractivity contribution in [3.05, 3.63) is 115 Å². The van der Waals surface area contributed by atoms with E-state index in [9.17, 15) is 9.59 Å². The molecule has 0 unspecified atom stereocenters. The topological polar surface area (TPSA) is 84.0 Å². The first-order valence-corrected chi connectivity index (χ1v) is 14.1. The van der Waals surface area contributed by atoms with Gasteiger partial charge in [-0.15, -0.1) is 34.0 Å². The van der Waals surface area contributed by atoms with Crippen LogP contribution in [0.2, 0.25) is 0 Å². The van der Waals surface area contributed by atoms with Crippen LogP contribution in [-0.4, -0.2) is 21.8 Å². The number of thiazole rings is 2. The number of thiophene rings is 1. The fraction of sp³-hybridized carbons (Fsp3) is 0.143. The van der Waals surface area contributed by atoms with Gasteiger partial charge < -0.3 is 0 Å². The number of benzene rings is 2. The predicted molar refractivity (Wildman–Crippen MR) is 152 cm³/mol. The average molecular weight is 545 g/mol. The molecule has 0 fully saturated rings. The molecule has 3 heterocycles. The van der Waals surface area contributed by atoms with Crippen LogP contribution in [0.25, 0.3) is 0 Å². The molecular weight excluding hydrogens is 521 g/mol. The minimum atomic E-state index is -0.282. The van der Waals surface area contributed by atoms with E-state index >= 15 is 0 Å². The third-order valence-electron chi connectivity index (χ3n) is 5.60. The molecule has 5 rings (SSSR count). The van der Waals surface area contributed by atoms with E-state index in [-0.39, 0.29) is 11.8 Å². The smallest absolute Gasteiger partial charge is 0.267 e. The summed E-state index contributed by atoms with van der Waals surface area (Å²) in [6, 6.07) is 20.0. The zero-order valence-electron chi connectivity index (χ0n) is 20.3. The Morgan fingerprint density at radius 3 is 1.43 bits per heavy atom. The average Bonchev–Trinajstić information content (AvgIpc) is 3.64. The van der Waals surface area contributed by atoms with Crippen LogP contribution in [0.5, 0.6) is 0 Å². The van der Waals surface area contributed by atoms with Crippen LogP contribution in [0.4, 0.5) is 10.3 Å². The van der Waals surface area contributed by atoms with Crippen LogP contribution in [0.15, 0.2) is 73.1 Å². The Balaban J connectivity index is 1.16. The molecule has 37 heavy (non-hydrogen) atoms. The second-order valence-corrected chi connectivity index (χ2v) is 12.0. The summed E-state index contributed by atoms with van der Waals surface area (Å²) < 4.78 is 0. The third kappa shape index (κ3) is 6.56. The van der Waals surface area contributed by atoms with Gasteiger partial charge >= 0.3 is 0 Å². The third-order valence-corrected chi connectivity index (χ3v) is 8.51. The Morgan fingerprint density at radius 1 is 0.622 bits per heavy atom. The summed E-state index contributed by atoms with van der Waals surface area (Å²) in [7, 11) is 0. The Labute approximate surface area is 227 Å². The van der Waals surface area contributed by atoms with E-state index in [2.05, 4.69) is 83.0 Å². The number of aryl methyl sites for hydroxylation is 2. The lowest BCUT2D eigenvalue weighted by molar-refractivity contribution is 0.102. The molecule has 0 aliphatic carbocycles. The highest BCUT2D eigenvalue weighted by atomic mass is 32.1. The monoisotopic (exact) mass is 544 g/mol. The lowest BCUT2D eigenvalue weighted by Crippen LogP contribution is -2.10. The lowest BCUT2D eigenvalue weighted by atomic mass is 10.1. The van der Waals surface area contributed by atoms with Crippen molar-refractivity contribution < 1.29 is 9.59 Å². The first-order valence-electron chi connectivity index (χ1n) is 11.6. The Hall–Kier alpha value is -3.66. The van der Waals surface area contributed by atoms with Crippen molar-refractivity contribution in [2.75, 3.05) is 10.6 Å². The Kier molecular flexibility index (Phi) is 7.55. The molecule has 0 atom stereocenters. The van der Waals surface area contributed by atoms with Crippen LogP contribution in [0.3, 0.4) is 0 Å². The summed E-state index contributed by atoms with van der Waals surface area (Å²) >= 11 is 4.04. The van der Waals surface area contributed by atoms with Crippen molar-refractivity contribution >= 4 is 56.1 Å². The summed E-state index contributed by atoms with van der Waals surface area (Å²) in [6.45, 7) is 4.12. The van der Waals surface area contributed by atoms with Gasteiger partial charge in [-0.05, 0) is 37.1 Å². The summed E-state index contributed by atoms with van der Waals surface area (Å²) in [5.74, 6) is -0.565. The summed E-state index contributed by atoms with van der Waals surface area (Å²) in [5, 5.41) is 6.76. The van der Waals surface area contributed by atoms with Gasteiger partial charge in [0.2, 0.25) is 0 Å². The molecule has 6 nitrogen and oxygen atoms in total. The number of hydrogen-bond donors (Lipinski definition) is 2. The van der Waals surface area contributed by atoms with Gasteiger partial charge in [-0.25, -0.2) is 9.97 Å². The highest BCUT2D eigenvalue weighted by molar-refractivity contribution is 7.17. The zero-order chi connectivity index (χ0) is 25.8. The van der Waals surface area contributed by atoms with Gasteiger partial charge in [-0.2, -0.15) is 0 Å². The lowest BCUT2D eigenvalue weighted by Gasteiger charge is -2.00. The molecule has 0 saturated carbocycles. The first kappa shape index (κ1) is 25.0. The summed E-state index contributed by atoms with van der Waals surface area (Å²) in [4.78, 5) is 37.2. The van der Waals surface area contributed by atoms with E-state index in [4.69, 9.17) is 0 Å². The predicted octanol–water partition coefficient (Wildman–Crippen LogP) is 6.96. The van der Waals surface area contributed by atoms with Crippen LogP contribution in [0, 0.1) is 13.8 Å². The standard InChI is InChI=1S/C28H24N4O2S3/c1-17-3-7-19(8-4-17)13-21-15-29-27(35-21)31-25(33)23-11-12-24(37-23)26(34)32-28-30-16-22(36-28)14-20-9-5-18(2)6-10-20/h3-12,15-16H,13-14H2,1-2H3,(H,29,31,33)(H,30,32,34). The van der Waals surface area contributed by atoms with E-state index in [1.807, 2.05) is 0 Å². The molecule has 2 aromatic carbocycles. The molecule has 0 spiro atoms. The number of amides is 2. The van der Waals surface area contributed by atoms with Gasteiger partial charge in [0.15, 0.2) is 10.3 Å². The minimum Gasteiger partial charge on any atom is -0.297 e. The SMILES string of the molecule is Cc1ccc(Cc2cnc(NC(=O)c3ccc(C(=O)Nc4ncc(Cc5ccc(C)cc5)s4)s3)s2)cc1. The molecule has 2 amide bonds. The summed E-state index contributed by atoms with van der Waals surface area (Å²) in [6.07, 6.45) is 5.10. The number of nitrogens with zero attached hydrogens (tertiary/aromatic N) is 2. The summed E-state index contributed by atoms with van der Waals surface area (Å²) in [5.41, 5.74) is 4.84. The molecule has 0 bridgehead atoms. The van der Waals surface area contributed by atoms with Gasteiger partial charge in [-0.3, -0.25) is 20.2 Å². The normalized spacial score (nSPS) is 10.9. The Bertz CT molecular complexity index is 1420. The number of carbonyl (C=O) groups excluding carboxylic acids is 2. The number of carbonyl (C=O) groups is 2. The van der Waals surface area contributed by atoms with Gasteiger partial charge in [0.05, 0.1) is 9.75 Å². The molecule has 0 aliphatic rings. The number of aromatic nitrogens is 2. The molecule has 0 radical (unpaired) electrons. The molecule has 3 aromatic heterocycles. The quantitative estimate of drug-likeness (QED) is 0.221. The van der Waals surface area contributed by atoms with Crippen LogP contribution < -0.4 is 10.6 Å². The first-order chi connectivity index (χ1) is 17.9. The van der Waals surface area contributed by atoms with E-state index < -0.39 is 0 Å². The fourth-order valence-corrected chi connectivity index (χ4v) is 6.09. The van der Waals surface area contributed by atoms with Crippen molar-refractivity contribution in [3.8, 4) is 0 Å². The fourth-order valence-electron chi connectivity index (χ4n) is 3.61. The van der Waals surface area contributed by atoms with Crippen LogP contribution in [0.1, 0.15) is 51.4 Å². The van der Waals surface area contributed by atoms with Crippen molar-refractivity contribution in [2.24, 2.45) is 0 Å². The largest absolute Gasteiger partial charge is 0.297 e. The second kappa shape index (κ2) is 11.2. The maximum absolute atomic E-state index is 12.7. The van der Waals surface area contributed by atoms with E-state index in [1.54, 1.807) is 24.5 Å². The maximum Gasteiger partial charge on any atom is 0.267 e. The second-order valence-electron chi connectivity index (χ2n) is 8.66. The van der Waals surface area contributed by atoms with Crippen molar-refractivity contribution in [1.82, 2.24) is 9.97 Å². The van der Waals surface area contributed by atoms with E-state index in [0.29, 0.717) is 20.0 Å². The van der Waals surface area contributed by atoms with E-state index in [0.717, 1.165) is 33.9 Å². The number of rotatable bonds is 8. The van der Waals surface area contributed by atoms with E-state index in [1.165, 1.54) is 44.9 Å². The number of anilines is 2. The molecular formula is C28H24N4O2S3. The van der Waals surface area contributed by atoms with Crippen LogP contribution in [-0.2, 0) is 12.8 Å². The molecule has 2 N–H and O–H groups in total. The number of nitrogens with one attached hydrogen (secondary N) is 2. The van der Waals surface area contributed by atoms with Crippen molar-refractivity contribution in [3.63, 3.8) is 0 Å².